The number of rotatable bonds is 7. The third-order valence-corrected chi connectivity index (χ3v) is 3.09. The largest absolute Gasteiger partial charge is 0.357 e. The Bertz CT molecular complexity index is 440. The van der Waals surface area contributed by atoms with E-state index in [1.54, 1.807) is 6.20 Å². The Labute approximate surface area is 133 Å². The van der Waals surface area contributed by atoms with E-state index in [1.807, 2.05) is 26.8 Å². The average Bonchev–Trinajstić information content (AvgIpc) is 2.40. The fourth-order valence-corrected chi connectivity index (χ4v) is 2.16. The van der Waals surface area contributed by atoms with Crippen molar-refractivity contribution in [3.63, 3.8) is 0 Å². The summed E-state index contributed by atoms with van der Waals surface area (Å²) in [5, 5.41) is 6.61. The lowest BCUT2D eigenvalue weighted by Crippen LogP contribution is -2.37. The molecule has 2 N–H and O–H groups in total. The van der Waals surface area contributed by atoms with Gasteiger partial charge in [0, 0.05) is 23.9 Å². The summed E-state index contributed by atoms with van der Waals surface area (Å²) in [6.07, 6.45) is 1.42. The molecule has 0 fully saturated rings. The van der Waals surface area contributed by atoms with Crippen LogP contribution < -0.4 is 10.6 Å². The first-order valence-corrected chi connectivity index (χ1v) is 7.67. The van der Waals surface area contributed by atoms with Crippen LogP contribution in [0.15, 0.2) is 16.7 Å². The minimum absolute atomic E-state index is 0.302. The number of hydrogen-bond acceptors (Lipinski definition) is 4. The predicted octanol–water partition coefficient (Wildman–Crippen LogP) is 2.84. The highest BCUT2D eigenvalue weighted by atomic mass is 79.9. The molecule has 0 bridgehead atoms. The number of pyridine rings is 1. The van der Waals surface area contributed by atoms with E-state index in [1.165, 1.54) is 0 Å². The SMILES string of the molecule is CCOC(CNC(=S)Nc1ncc(Br)cc1C)OCC. The Hall–Kier alpha value is -0.760. The molecule has 1 aromatic heterocycles. The lowest BCUT2D eigenvalue weighted by atomic mass is 10.3. The smallest absolute Gasteiger partial charge is 0.174 e. The Balaban J connectivity index is 2.46. The molecule has 0 atom stereocenters. The molecule has 0 aliphatic rings. The average molecular weight is 362 g/mol. The minimum atomic E-state index is -0.302. The van der Waals surface area contributed by atoms with Gasteiger partial charge in [-0.05, 0) is 60.5 Å². The maximum Gasteiger partial charge on any atom is 0.174 e. The molecule has 0 unspecified atom stereocenters. The maximum atomic E-state index is 5.43. The Morgan fingerprint density at radius 3 is 2.60 bits per heavy atom. The zero-order chi connectivity index (χ0) is 15.0. The van der Waals surface area contributed by atoms with Gasteiger partial charge in [-0.25, -0.2) is 4.98 Å². The number of aryl methyl sites for hydroxylation is 1. The van der Waals surface area contributed by atoms with Gasteiger partial charge in [-0.1, -0.05) is 0 Å². The van der Waals surface area contributed by atoms with Crippen molar-refractivity contribution in [3.05, 3.63) is 22.3 Å². The second-order valence-electron chi connectivity index (χ2n) is 3.99. The van der Waals surface area contributed by atoms with E-state index >= 15 is 0 Å². The number of nitrogens with zero attached hydrogens (tertiary/aromatic N) is 1. The minimum Gasteiger partial charge on any atom is -0.357 e. The standard InChI is InChI=1S/C13H20BrN3O2S/c1-4-18-11(19-5-2)8-16-13(20)17-12-9(3)6-10(14)7-15-12/h6-7,11H,4-5,8H2,1-3H3,(H2,15,16,17,20). The molecule has 7 heteroatoms. The summed E-state index contributed by atoms with van der Waals surface area (Å²) >= 11 is 8.61. The number of aromatic nitrogens is 1. The molecule has 0 aromatic carbocycles. The van der Waals surface area contributed by atoms with E-state index in [0.717, 1.165) is 15.9 Å². The predicted molar refractivity (Wildman–Crippen MR) is 87.9 cm³/mol. The van der Waals surface area contributed by atoms with Crippen LogP contribution in [0.2, 0.25) is 0 Å². The summed E-state index contributed by atoms with van der Waals surface area (Å²) in [5.74, 6) is 0.732. The monoisotopic (exact) mass is 361 g/mol. The van der Waals surface area contributed by atoms with Crippen molar-refractivity contribution in [1.82, 2.24) is 10.3 Å². The van der Waals surface area contributed by atoms with E-state index in [-0.39, 0.29) is 6.29 Å². The topological polar surface area (TPSA) is 55.4 Å². The highest BCUT2D eigenvalue weighted by Gasteiger charge is 2.09. The summed E-state index contributed by atoms with van der Waals surface area (Å²) in [5.41, 5.74) is 1.01. The number of thiocarbonyl (C=S) groups is 1. The van der Waals surface area contributed by atoms with Crippen LogP contribution in [0.4, 0.5) is 5.82 Å². The second kappa shape index (κ2) is 9.23. The third-order valence-electron chi connectivity index (χ3n) is 2.41. The number of halogens is 1. The van der Waals surface area contributed by atoms with Crippen LogP contribution in [0.1, 0.15) is 19.4 Å². The summed E-state index contributed by atoms with van der Waals surface area (Å²) < 4.78 is 11.8. The van der Waals surface area contributed by atoms with Gasteiger partial charge in [0.15, 0.2) is 11.4 Å². The van der Waals surface area contributed by atoms with E-state index in [9.17, 15) is 0 Å². The highest BCUT2D eigenvalue weighted by molar-refractivity contribution is 9.10. The zero-order valence-corrected chi connectivity index (χ0v) is 14.3. The molecular weight excluding hydrogens is 342 g/mol. The van der Waals surface area contributed by atoms with Crippen molar-refractivity contribution in [2.75, 3.05) is 25.1 Å². The van der Waals surface area contributed by atoms with Crippen LogP contribution in [0, 0.1) is 6.92 Å². The van der Waals surface area contributed by atoms with E-state index in [2.05, 4.69) is 31.5 Å². The fourth-order valence-electron chi connectivity index (χ4n) is 1.54. The van der Waals surface area contributed by atoms with E-state index < -0.39 is 0 Å². The normalized spacial score (nSPS) is 10.7. The number of anilines is 1. The van der Waals surface area contributed by atoms with Crippen LogP contribution in [-0.4, -0.2) is 36.1 Å². The van der Waals surface area contributed by atoms with Gasteiger partial charge < -0.3 is 20.1 Å². The van der Waals surface area contributed by atoms with Crippen molar-refractivity contribution in [2.45, 2.75) is 27.1 Å². The van der Waals surface area contributed by atoms with Crippen LogP contribution in [0.25, 0.3) is 0 Å². The van der Waals surface area contributed by atoms with Gasteiger partial charge in [-0.2, -0.15) is 0 Å². The van der Waals surface area contributed by atoms with Crippen molar-refractivity contribution in [2.24, 2.45) is 0 Å². The summed E-state index contributed by atoms with van der Waals surface area (Å²) in [4.78, 5) is 4.27. The zero-order valence-electron chi connectivity index (χ0n) is 11.9. The van der Waals surface area contributed by atoms with E-state index in [4.69, 9.17) is 21.7 Å². The van der Waals surface area contributed by atoms with Gasteiger partial charge >= 0.3 is 0 Å². The van der Waals surface area contributed by atoms with Crippen LogP contribution >= 0.6 is 28.1 Å². The molecule has 1 rings (SSSR count). The second-order valence-corrected chi connectivity index (χ2v) is 5.32. The summed E-state index contributed by atoms with van der Waals surface area (Å²) in [7, 11) is 0. The summed E-state index contributed by atoms with van der Waals surface area (Å²) in [6.45, 7) is 7.50. The Morgan fingerprint density at radius 1 is 1.40 bits per heavy atom. The van der Waals surface area contributed by atoms with Gasteiger partial charge in [-0.15, -0.1) is 0 Å². The van der Waals surface area contributed by atoms with Crippen molar-refractivity contribution >= 4 is 39.1 Å². The van der Waals surface area contributed by atoms with Gasteiger partial charge in [-0.3, -0.25) is 0 Å². The van der Waals surface area contributed by atoms with E-state index in [0.29, 0.717) is 24.9 Å². The van der Waals surface area contributed by atoms with Gasteiger partial charge in [0.05, 0.1) is 6.54 Å². The van der Waals surface area contributed by atoms with Crippen molar-refractivity contribution in [1.29, 1.82) is 0 Å². The first kappa shape index (κ1) is 17.3. The quantitative estimate of drug-likeness (QED) is 0.575. The third kappa shape index (κ3) is 6.13. The first-order chi connectivity index (χ1) is 9.56. The molecule has 0 aliphatic heterocycles. The van der Waals surface area contributed by atoms with Gasteiger partial charge in [0.25, 0.3) is 0 Å². The van der Waals surface area contributed by atoms with Crippen molar-refractivity contribution in [3.8, 4) is 0 Å². The Morgan fingerprint density at radius 2 is 2.05 bits per heavy atom. The van der Waals surface area contributed by atoms with Crippen LogP contribution in [0.3, 0.4) is 0 Å². The van der Waals surface area contributed by atoms with Gasteiger partial charge in [0.2, 0.25) is 0 Å². The molecule has 5 nitrogen and oxygen atoms in total. The fraction of sp³-hybridized carbons (Fsp3) is 0.538. The molecule has 0 radical (unpaired) electrons. The molecule has 0 saturated heterocycles. The molecule has 0 saturated carbocycles. The molecule has 1 heterocycles. The van der Waals surface area contributed by atoms with Crippen LogP contribution in [0.5, 0.6) is 0 Å². The highest BCUT2D eigenvalue weighted by Crippen LogP contribution is 2.16. The lowest BCUT2D eigenvalue weighted by molar-refractivity contribution is -0.130. The molecule has 0 spiro atoms. The number of hydrogen-bond donors (Lipinski definition) is 2. The number of ether oxygens (including phenoxy) is 2. The Kier molecular flexibility index (Phi) is 7.98. The lowest BCUT2D eigenvalue weighted by Gasteiger charge is -2.19. The van der Waals surface area contributed by atoms with Crippen LogP contribution in [-0.2, 0) is 9.47 Å². The van der Waals surface area contributed by atoms with Crippen molar-refractivity contribution < 1.29 is 9.47 Å². The first-order valence-electron chi connectivity index (χ1n) is 6.47. The number of nitrogens with one attached hydrogen (secondary N) is 2. The molecule has 0 aliphatic carbocycles. The molecule has 112 valence electrons. The molecule has 0 amide bonds. The molecule has 1 aromatic rings. The molecule has 20 heavy (non-hydrogen) atoms. The van der Waals surface area contributed by atoms with Gasteiger partial charge in [0.1, 0.15) is 5.82 Å². The maximum absolute atomic E-state index is 5.43. The molecular formula is C13H20BrN3O2S. The summed E-state index contributed by atoms with van der Waals surface area (Å²) in [6, 6.07) is 1.97.